The van der Waals surface area contributed by atoms with Gasteiger partial charge in [-0.1, -0.05) is 43.9 Å². The van der Waals surface area contributed by atoms with Crippen molar-refractivity contribution in [2.24, 2.45) is 5.92 Å². The third-order valence-corrected chi connectivity index (χ3v) is 3.34. The Bertz CT molecular complexity index is 260. The summed E-state index contributed by atoms with van der Waals surface area (Å²) < 4.78 is 0. The molecule has 0 bridgehead atoms. The van der Waals surface area contributed by atoms with Gasteiger partial charge in [0.15, 0.2) is 0 Å². The Morgan fingerprint density at radius 3 is 2.27 bits per heavy atom. The van der Waals surface area contributed by atoms with Gasteiger partial charge in [0.1, 0.15) is 0 Å². The lowest BCUT2D eigenvalue weighted by molar-refractivity contribution is 0.483. The lowest BCUT2D eigenvalue weighted by Crippen LogP contribution is -2.13. The molecule has 0 unspecified atom stereocenters. The van der Waals surface area contributed by atoms with Crippen molar-refractivity contribution in [2.45, 2.75) is 38.5 Å². The van der Waals surface area contributed by atoms with Crippen molar-refractivity contribution in [2.75, 3.05) is 11.9 Å². The average molecular weight is 203 g/mol. The quantitative estimate of drug-likeness (QED) is 0.730. The second-order valence-corrected chi connectivity index (χ2v) is 4.60. The van der Waals surface area contributed by atoms with Crippen molar-refractivity contribution >= 4 is 5.69 Å². The highest BCUT2D eigenvalue weighted by Crippen LogP contribution is 2.23. The zero-order valence-corrected chi connectivity index (χ0v) is 9.41. The van der Waals surface area contributed by atoms with E-state index in [-0.39, 0.29) is 0 Å². The molecule has 1 aliphatic rings. The highest BCUT2D eigenvalue weighted by atomic mass is 14.9. The predicted molar refractivity (Wildman–Crippen MR) is 66.1 cm³/mol. The maximum absolute atomic E-state index is 3.54. The van der Waals surface area contributed by atoms with Gasteiger partial charge >= 0.3 is 0 Å². The molecular formula is C14H21N. The van der Waals surface area contributed by atoms with E-state index in [9.17, 15) is 0 Å². The lowest BCUT2D eigenvalue weighted by atomic mass is 10.0. The lowest BCUT2D eigenvalue weighted by Gasteiger charge is -2.15. The third-order valence-electron chi connectivity index (χ3n) is 3.34. The van der Waals surface area contributed by atoms with Crippen molar-refractivity contribution in [3.05, 3.63) is 30.3 Å². The van der Waals surface area contributed by atoms with Crippen LogP contribution in [-0.4, -0.2) is 6.54 Å². The number of hydrogen-bond acceptors (Lipinski definition) is 1. The van der Waals surface area contributed by atoms with Crippen LogP contribution in [0.4, 0.5) is 5.69 Å². The Kier molecular flexibility index (Phi) is 4.07. The van der Waals surface area contributed by atoms with Crippen LogP contribution in [0.1, 0.15) is 38.5 Å². The first kappa shape index (κ1) is 10.5. The Morgan fingerprint density at radius 1 is 0.933 bits per heavy atom. The molecule has 15 heavy (non-hydrogen) atoms. The van der Waals surface area contributed by atoms with Crippen molar-refractivity contribution in [1.82, 2.24) is 0 Å². The maximum atomic E-state index is 3.54. The number of anilines is 1. The van der Waals surface area contributed by atoms with Gasteiger partial charge < -0.3 is 5.32 Å². The monoisotopic (exact) mass is 203 g/mol. The first-order valence-electron chi connectivity index (χ1n) is 6.24. The van der Waals surface area contributed by atoms with Crippen LogP contribution in [0.25, 0.3) is 0 Å². The van der Waals surface area contributed by atoms with Crippen molar-refractivity contribution < 1.29 is 0 Å². The molecule has 1 nitrogen and oxygen atoms in total. The molecule has 2 rings (SSSR count). The molecule has 82 valence electrons. The Hall–Kier alpha value is -0.980. The number of rotatable bonds is 3. The fourth-order valence-electron chi connectivity index (χ4n) is 2.39. The topological polar surface area (TPSA) is 12.0 Å². The second kappa shape index (κ2) is 5.79. The minimum atomic E-state index is 0.896. The summed E-state index contributed by atoms with van der Waals surface area (Å²) in [5.41, 5.74) is 1.27. The van der Waals surface area contributed by atoms with Crippen LogP contribution in [0.15, 0.2) is 30.3 Å². The van der Waals surface area contributed by atoms with Gasteiger partial charge in [-0.15, -0.1) is 0 Å². The summed E-state index contributed by atoms with van der Waals surface area (Å²) in [6.45, 7) is 1.16. The van der Waals surface area contributed by atoms with Crippen molar-refractivity contribution in [1.29, 1.82) is 0 Å². The fraction of sp³-hybridized carbons (Fsp3) is 0.571. The predicted octanol–water partition coefficient (Wildman–Crippen LogP) is 4.07. The molecule has 1 saturated carbocycles. The summed E-state index contributed by atoms with van der Waals surface area (Å²) in [6.07, 6.45) is 8.59. The SMILES string of the molecule is c1ccc(NCC2CCCCCC2)cc1. The molecule has 1 fully saturated rings. The van der Waals surface area contributed by atoms with E-state index in [1.165, 1.54) is 44.2 Å². The second-order valence-electron chi connectivity index (χ2n) is 4.60. The zero-order valence-electron chi connectivity index (χ0n) is 9.41. The van der Waals surface area contributed by atoms with Crippen LogP contribution in [0.3, 0.4) is 0 Å². The average Bonchev–Trinajstić information content (AvgIpc) is 2.56. The van der Waals surface area contributed by atoms with Gasteiger partial charge in [0.25, 0.3) is 0 Å². The van der Waals surface area contributed by atoms with Gasteiger partial charge in [-0.25, -0.2) is 0 Å². The molecule has 1 aliphatic carbocycles. The largest absolute Gasteiger partial charge is 0.385 e. The molecule has 1 heteroatoms. The molecule has 0 heterocycles. The number of para-hydroxylation sites is 1. The van der Waals surface area contributed by atoms with E-state index < -0.39 is 0 Å². The van der Waals surface area contributed by atoms with E-state index in [0.717, 1.165) is 12.5 Å². The van der Waals surface area contributed by atoms with Gasteiger partial charge in [0, 0.05) is 12.2 Å². The normalized spacial score (nSPS) is 18.4. The van der Waals surface area contributed by atoms with Crippen LogP contribution in [0, 0.1) is 5.92 Å². The minimum absolute atomic E-state index is 0.896. The number of benzene rings is 1. The van der Waals surface area contributed by atoms with Gasteiger partial charge in [-0.05, 0) is 30.9 Å². The maximum Gasteiger partial charge on any atom is 0.0340 e. The zero-order chi connectivity index (χ0) is 10.3. The smallest absolute Gasteiger partial charge is 0.0340 e. The highest BCUT2D eigenvalue weighted by molar-refractivity contribution is 5.42. The molecule has 0 radical (unpaired) electrons. The highest BCUT2D eigenvalue weighted by Gasteiger charge is 2.11. The standard InChI is InChI=1S/C14H21N/c1-2-5-9-13(8-4-1)12-15-14-10-6-3-7-11-14/h3,6-7,10-11,13,15H,1-2,4-5,8-9,12H2. The van der Waals surface area contributed by atoms with Crippen LogP contribution in [-0.2, 0) is 0 Å². The van der Waals surface area contributed by atoms with Crippen LogP contribution in [0.5, 0.6) is 0 Å². The summed E-state index contributed by atoms with van der Waals surface area (Å²) in [6, 6.07) is 10.6. The van der Waals surface area contributed by atoms with Crippen LogP contribution < -0.4 is 5.32 Å². The molecule has 0 spiro atoms. The van der Waals surface area contributed by atoms with Crippen molar-refractivity contribution in [3.63, 3.8) is 0 Å². The Morgan fingerprint density at radius 2 is 1.60 bits per heavy atom. The Balaban J connectivity index is 1.77. The third kappa shape index (κ3) is 3.58. The van der Waals surface area contributed by atoms with Gasteiger partial charge in [-0.3, -0.25) is 0 Å². The van der Waals surface area contributed by atoms with Gasteiger partial charge in [0.05, 0.1) is 0 Å². The first-order chi connectivity index (χ1) is 7.45. The summed E-state index contributed by atoms with van der Waals surface area (Å²) >= 11 is 0. The fourth-order valence-corrected chi connectivity index (χ4v) is 2.39. The van der Waals surface area contributed by atoms with E-state index in [4.69, 9.17) is 0 Å². The summed E-state index contributed by atoms with van der Waals surface area (Å²) in [7, 11) is 0. The van der Waals surface area contributed by atoms with Gasteiger partial charge in [-0.2, -0.15) is 0 Å². The van der Waals surface area contributed by atoms with Crippen LogP contribution in [0.2, 0.25) is 0 Å². The Labute approximate surface area is 92.9 Å². The van der Waals surface area contributed by atoms with E-state index in [1.54, 1.807) is 0 Å². The molecule has 0 aliphatic heterocycles. The van der Waals surface area contributed by atoms with E-state index in [2.05, 4.69) is 35.6 Å². The van der Waals surface area contributed by atoms with Gasteiger partial charge in [0.2, 0.25) is 0 Å². The number of hydrogen-bond donors (Lipinski definition) is 1. The van der Waals surface area contributed by atoms with Crippen molar-refractivity contribution in [3.8, 4) is 0 Å². The van der Waals surface area contributed by atoms with E-state index in [1.807, 2.05) is 0 Å². The minimum Gasteiger partial charge on any atom is -0.385 e. The molecule has 0 amide bonds. The molecule has 1 aromatic carbocycles. The first-order valence-corrected chi connectivity index (χ1v) is 6.24. The van der Waals surface area contributed by atoms with Crippen LogP contribution >= 0.6 is 0 Å². The number of nitrogens with one attached hydrogen (secondary N) is 1. The molecular weight excluding hydrogens is 182 g/mol. The molecule has 0 atom stereocenters. The molecule has 1 N–H and O–H groups in total. The summed E-state index contributed by atoms with van der Waals surface area (Å²) in [5, 5.41) is 3.54. The molecule has 1 aromatic rings. The molecule has 0 saturated heterocycles. The molecule has 0 aromatic heterocycles. The van der Waals surface area contributed by atoms with E-state index in [0.29, 0.717) is 0 Å². The van der Waals surface area contributed by atoms with E-state index >= 15 is 0 Å². The summed E-state index contributed by atoms with van der Waals surface area (Å²) in [4.78, 5) is 0. The summed E-state index contributed by atoms with van der Waals surface area (Å²) in [5.74, 6) is 0.896.